The molecule has 3 rings (SSSR count). The molecule has 7 heteroatoms. The van der Waals surface area contributed by atoms with Crippen LogP contribution >= 0.6 is 47.1 Å². The van der Waals surface area contributed by atoms with E-state index in [0.717, 1.165) is 27.5 Å². The number of halogens is 1. The van der Waals surface area contributed by atoms with E-state index in [4.69, 9.17) is 4.98 Å². The topological polar surface area (TPSA) is 49.3 Å². The third-order valence-corrected chi connectivity index (χ3v) is 6.25. The minimum absolute atomic E-state index is 0. The van der Waals surface area contributed by atoms with Crippen LogP contribution in [0.1, 0.15) is 24.3 Å². The lowest BCUT2D eigenvalue weighted by molar-refractivity contribution is 0.614. The van der Waals surface area contributed by atoms with Gasteiger partial charge in [0.15, 0.2) is 5.96 Å². The molecule has 0 saturated heterocycles. The highest BCUT2D eigenvalue weighted by molar-refractivity contribution is 14.0. The van der Waals surface area contributed by atoms with E-state index >= 15 is 0 Å². The third-order valence-electron chi connectivity index (χ3n) is 4.31. The van der Waals surface area contributed by atoms with Crippen molar-refractivity contribution in [3.63, 3.8) is 0 Å². The highest BCUT2D eigenvalue weighted by atomic mass is 127. The number of rotatable bonds is 5. The summed E-state index contributed by atoms with van der Waals surface area (Å²) < 4.78 is 0. The van der Waals surface area contributed by atoms with E-state index < -0.39 is 0 Å². The van der Waals surface area contributed by atoms with Crippen molar-refractivity contribution in [2.75, 3.05) is 13.3 Å². The van der Waals surface area contributed by atoms with E-state index in [1.807, 2.05) is 37.0 Å². The Hall–Kier alpha value is -0.800. The molecule has 4 nitrogen and oxygen atoms in total. The maximum Gasteiger partial charge on any atom is 0.191 e. The van der Waals surface area contributed by atoms with Crippen molar-refractivity contribution in [3.05, 3.63) is 40.7 Å². The van der Waals surface area contributed by atoms with Crippen molar-refractivity contribution < 1.29 is 0 Å². The van der Waals surface area contributed by atoms with Crippen molar-refractivity contribution in [1.29, 1.82) is 0 Å². The monoisotopic (exact) mass is 488 g/mol. The van der Waals surface area contributed by atoms with E-state index in [-0.39, 0.29) is 24.0 Å². The molecule has 0 bridgehead atoms. The van der Waals surface area contributed by atoms with Gasteiger partial charge in [0.25, 0.3) is 0 Å². The summed E-state index contributed by atoms with van der Waals surface area (Å²) in [6, 6.07) is 10.8. The zero-order valence-electron chi connectivity index (χ0n) is 14.6. The van der Waals surface area contributed by atoms with Crippen LogP contribution in [0.2, 0.25) is 0 Å². The molecule has 1 aromatic carbocycles. The van der Waals surface area contributed by atoms with Crippen LogP contribution in [0.25, 0.3) is 11.3 Å². The van der Waals surface area contributed by atoms with Crippen LogP contribution in [-0.4, -0.2) is 35.5 Å². The minimum atomic E-state index is 0. The van der Waals surface area contributed by atoms with Gasteiger partial charge in [-0.2, -0.15) is 11.8 Å². The van der Waals surface area contributed by atoms with Crippen LogP contribution in [0, 0.1) is 0 Å². The van der Waals surface area contributed by atoms with Crippen LogP contribution < -0.4 is 10.6 Å². The van der Waals surface area contributed by atoms with Crippen LogP contribution in [0.3, 0.4) is 0 Å². The number of aromatic nitrogens is 1. The first-order chi connectivity index (χ1) is 11.8. The third kappa shape index (κ3) is 5.86. The first kappa shape index (κ1) is 20.5. The summed E-state index contributed by atoms with van der Waals surface area (Å²) in [6.45, 7) is 0.704. The molecule has 1 aliphatic rings. The predicted molar refractivity (Wildman–Crippen MR) is 121 cm³/mol. The Morgan fingerprint density at radius 3 is 2.80 bits per heavy atom. The molecule has 0 amide bonds. The fourth-order valence-corrected chi connectivity index (χ4v) is 4.51. The summed E-state index contributed by atoms with van der Waals surface area (Å²) in [6.07, 6.45) is 5.94. The van der Waals surface area contributed by atoms with Gasteiger partial charge in [0.2, 0.25) is 0 Å². The molecule has 2 aromatic rings. The van der Waals surface area contributed by atoms with Gasteiger partial charge in [-0.1, -0.05) is 30.3 Å². The highest BCUT2D eigenvalue weighted by Gasteiger charge is 2.24. The number of hydrogen-bond donors (Lipinski definition) is 2. The molecule has 1 aliphatic carbocycles. The van der Waals surface area contributed by atoms with Gasteiger partial charge in [0.05, 0.1) is 12.2 Å². The first-order valence-corrected chi connectivity index (χ1v) is 10.4. The number of benzene rings is 1. The van der Waals surface area contributed by atoms with Crippen molar-refractivity contribution in [2.45, 2.75) is 37.1 Å². The minimum Gasteiger partial charge on any atom is -0.354 e. The zero-order chi connectivity index (χ0) is 16.8. The lowest BCUT2D eigenvalue weighted by Gasteiger charge is -2.16. The number of nitrogens with one attached hydrogen (secondary N) is 2. The Bertz CT molecular complexity index is 675. The lowest BCUT2D eigenvalue weighted by Crippen LogP contribution is -2.42. The van der Waals surface area contributed by atoms with Crippen molar-refractivity contribution in [3.8, 4) is 11.3 Å². The molecular weight excluding hydrogens is 463 g/mol. The normalized spacial score (nSPS) is 20.2. The fraction of sp³-hybridized carbons (Fsp3) is 0.444. The number of nitrogens with zero attached hydrogens (tertiary/aromatic N) is 2. The van der Waals surface area contributed by atoms with E-state index in [1.54, 1.807) is 11.3 Å². The van der Waals surface area contributed by atoms with Gasteiger partial charge < -0.3 is 10.6 Å². The molecule has 2 atom stereocenters. The van der Waals surface area contributed by atoms with Gasteiger partial charge in [-0.05, 0) is 25.5 Å². The molecule has 0 aliphatic heterocycles. The summed E-state index contributed by atoms with van der Waals surface area (Å²) in [5, 5.41) is 10.9. The first-order valence-electron chi connectivity index (χ1n) is 8.28. The number of thiazole rings is 1. The SMILES string of the molecule is CN=C(NCc1nc(-c2ccccc2)cs1)NC1CCC(SC)C1.I. The number of aliphatic imine (C=N–C) groups is 1. The van der Waals surface area contributed by atoms with Crippen LogP contribution in [0.15, 0.2) is 40.7 Å². The Labute approximate surface area is 175 Å². The smallest absolute Gasteiger partial charge is 0.191 e. The second-order valence-corrected chi connectivity index (χ2v) is 8.01. The van der Waals surface area contributed by atoms with Gasteiger partial charge in [-0.3, -0.25) is 4.99 Å². The standard InChI is InChI=1S/C18H24N4S2.HI/c1-19-18(21-14-8-9-15(10-14)23-2)20-11-17-22-16(12-24-17)13-6-4-3-5-7-13;/h3-7,12,14-15H,8-11H2,1-2H3,(H2,19,20,21);1H. The molecule has 1 heterocycles. The van der Waals surface area contributed by atoms with Crippen LogP contribution in [-0.2, 0) is 6.54 Å². The average molecular weight is 488 g/mol. The maximum atomic E-state index is 4.71. The largest absolute Gasteiger partial charge is 0.354 e. The van der Waals surface area contributed by atoms with Gasteiger partial charge >= 0.3 is 0 Å². The summed E-state index contributed by atoms with van der Waals surface area (Å²) in [4.78, 5) is 9.06. The van der Waals surface area contributed by atoms with Gasteiger partial charge in [-0.15, -0.1) is 35.3 Å². The Balaban J connectivity index is 0.00000225. The number of hydrogen-bond acceptors (Lipinski definition) is 4. The van der Waals surface area contributed by atoms with Crippen LogP contribution in [0.5, 0.6) is 0 Å². The van der Waals surface area contributed by atoms with E-state index in [2.05, 4.69) is 39.4 Å². The molecule has 136 valence electrons. The zero-order valence-corrected chi connectivity index (χ0v) is 18.5. The predicted octanol–water partition coefficient (Wildman–Crippen LogP) is 4.38. The Morgan fingerprint density at radius 2 is 2.12 bits per heavy atom. The van der Waals surface area contributed by atoms with Crippen molar-refractivity contribution in [1.82, 2.24) is 15.6 Å². The fourth-order valence-electron chi connectivity index (χ4n) is 2.97. The highest BCUT2D eigenvalue weighted by Crippen LogP contribution is 2.28. The molecule has 2 unspecified atom stereocenters. The second-order valence-electron chi connectivity index (χ2n) is 5.93. The van der Waals surface area contributed by atoms with Gasteiger partial charge in [0.1, 0.15) is 5.01 Å². The molecule has 25 heavy (non-hydrogen) atoms. The molecule has 1 aromatic heterocycles. The van der Waals surface area contributed by atoms with E-state index in [1.165, 1.54) is 19.3 Å². The van der Waals surface area contributed by atoms with Crippen molar-refractivity contribution in [2.24, 2.45) is 4.99 Å². The van der Waals surface area contributed by atoms with Crippen LogP contribution in [0.4, 0.5) is 0 Å². The van der Waals surface area contributed by atoms with Crippen molar-refractivity contribution >= 4 is 53.0 Å². The molecule has 2 N–H and O–H groups in total. The Kier molecular flexibility index (Phi) is 8.51. The quantitative estimate of drug-likeness (QED) is 0.373. The lowest BCUT2D eigenvalue weighted by atomic mass is 10.2. The van der Waals surface area contributed by atoms with Gasteiger partial charge in [-0.25, -0.2) is 4.98 Å². The summed E-state index contributed by atoms with van der Waals surface area (Å²) in [7, 11) is 1.83. The van der Waals surface area contributed by atoms with E-state index in [9.17, 15) is 0 Å². The summed E-state index contributed by atoms with van der Waals surface area (Å²) in [5.41, 5.74) is 2.20. The molecule has 1 fully saturated rings. The molecular formula is C18H25IN4S2. The number of thioether (sulfide) groups is 1. The summed E-state index contributed by atoms with van der Waals surface area (Å²) >= 11 is 3.66. The number of guanidine groups is 1. The molecule has 0 radical (unpaired) electrons. The molecule has 1 saturated carbocycles. The maximum absolute atomic E-state index is 4.71. The van der Waals surface area contributed by atoms with E-state index in [0.29, 0.717) is 12.6 Å². The average Bonchev–Trinajstić information content (AvgIpc) is 3.28. The van der Waals surface area contributed by atoms with Gasteiger partial charge in [0, 0.05) is 29.3 Å². The summed E-state index contributed by atoms with van der Waals surface area (Å²) in [5.74, 6) is 0.873. The second kappa shape index (κ2) is 10.4. The molecule has 0 spiro atoms. The Morgan fingerprint density at radius 1 is 1.32 bits per heavy atom.